The van der Waals surface area contributed by atoms with Crippen LogP contribution in [-0.4, -0.2) is 18.3 Å². The molecular weight excluding hydrogens is 1010 g/mol. The quantitative estimate of drug-likeness (QED) is 0.176. The fourth-order valence-electron chi connectivity index (χ4n) is 13.6. The molecule has 0 fully saturated rings. The molecule has 11 aromatic carbocycles. The Labute approximate surface area is 466 Å². The van der Waals surface area contributed by atoms with Crippen LogP contribution in [0.1, 0.15) is 33.4 Å². The number of hydrogen-bond donors (Lipinski definition) is 0. The Kier molecular flexibility index (Phi) is 9.19. The third-order valence-electron chi connectivity index (χ3n) is 17.4. The van der Waals surface area contributed by atoms with E-state index in [0.717, 1.165) is 119 Å². The second kappa shape index (κ2) is 16.3. The number of aryl methyl sites for hydroxylation is 4. The molecule has 0 unspecified atom stereocenters. The third-order valence-corrected chi connectivity index (χ3v) is 19.8. The van der Waals surface area contributed by atoms with Crippen molar-refractivity contribution in [1.82, 2.24) is 18.3 Å². The van der Waals surface area contributed by atoms with E-state index in [-0.39, 0.29) is 0 Å². The largest absolute Gasteiger partial charge is 0.306 e. The average molecular weight is 1060 g/mol. The Balaban J connectivity index is 1.22. The van der Waals surface area contributed by atoms with Crippen LogP contribution >= 0.6 is 22.7 Å². The van der Waals surface area contributed by atoms with E-state index in [4.69, 9.17) is 0 Å². The van der Waals surface area contributed by atoms with Gasteiger partial charge in [-0.05, 0) is 111 Å². The van der Waals surface area contributed by atoms with Gasteiger partial charge in [-0.2, -0.15) is 10.5 Å². The van der Waals surface area contributed by atoms with Gasteiger partial charge in [0.2, 0.25) is 0 Å². The number of nitrogens with zero attached hydrogens (tertiary/aromatic N) is 6. The molecule has 6 nitrogen and oxygen atoms in total. The summed E-state index contributed by atoms with van der Waals surface area (Å²) in [6.45, 7) is 8.73. The molecule has 6 heterocycles. The van der Waals surface area contributed by atoms with E-state index in [2.05, 4.69) is 252 Å². The highest BCUT2D eigenvalue weighted by atomic mass is 32.1. The van der Waals surface area contributed by atoms with Gasteiger partial charge in [-0.1, -0.05) is 133 Å². The van der Waals surface area contributed by atoms with E-state index in [1.165, 1.54) is 31.3 Å². The minimum Gasteiger partial charge on any atom is -0.306 e. The van der Waals surface area contributed by atoms with Crippen LogP contribution in [0.3, 0.4) is 0 Å². The summed E-state index contributed by atoms with van der Waals surface area (Å²) in [5, 5.41) is 39.3. The van der Waals surface area contributed by atoms with Crippen molar-refractivity contribution in [1.29, 1.82) is 10.5 Å². The van der Waals surface area contributed by atoms with Crippen molar-refractivity contribution in [3.8, 4) is 34.9 Å². The van der Waals surface area contributed by atoms with Gasteiger partial charge in [-0.3, -0.25) is 0 Å². The zero-order valence-corrected chi connectivity index (χ0v) is 45.6. The molecule has 0 amide bonds. The van der Waals surface area contributed by atoms with Crippen molar-refractivity contribution in [2.75, 3.05) is 0 Å². The molecular formula is C72H44N6S2. The van der Waals surface area contributed by atoms with E-state index in [9.17, 15) is 10.5 Å². The number of rotatable bonds is 4. The van der Waals surface area contributed by atoms with Gasteiger partial charge in [0.1, 0.15) is 23.3 Å². The second-order valence-electron chi connectivity index (χ2n) is 21.6. The molecule has 0 radical (unpaired) electrons. The number of fused-ring (bicyclic) bond motifs is 20. The normalized spacial score (nSPS) is 12.2. The molecule has 0 aliphatic heterocycles. The van der Waals surface area contributed by atoms with Crippen LogP contribution in [-0.2, 0) is 0 Å². The van der Waals surface area contributed by atoms with Gasteiger partial charge in [-0.15, -0.1) is 22.7 Å². The molecule has 0 aliphatic carbocycles. The lowest BCUT2D eigenvalue weighted by atomic mass is 9.98. The molecule has 17 aromatic rings. The molecule has 6 aromatic heterocycles. The van der Waals surface area contributed by atoms with E-state index >= 15 is 0 Å². The van der Waals surface area contributed by atoms with Crippen molar-refractivity contribution >= 4 is 150 Å². The van der Waals surface area contributed by atoms with Gasteiger partial charge in [-0.25, -0.2) is 0 Å². The Morgan fingerprint density at radius 3 is 0.950 bits per heavy atom. The maximum atomic E-state index is 13.0. The van der Waals surface area contributed by atoms with Crippen LogP contribution in [0.15, 0.2) is 194 Å². The fraction of sp³-hybridized carbons (Fsp3) is 0.0556. The molecule has 0 N–H and O–H groups in total. The Bertz CT molecular complexity index is 5290. The van der Waals surface area contributed by atoms with Crippen molar-refractivity contribution in [3.05, 3.63) is 228 Å². The highest BCUT2D eigenvalue weighted by Crippen LogP contribution is 2.52. The number of thiophene rings is 2. The maximum absolute atomic E-state index is 13.0. The average Bonchev–Trinajstić information content (AvgIpc) is 4.48. The van der Waals surface area contributed by atoms with Crippen LogP contribution in [0.4, 0.5) is 0 Å². The minimum absolute atomic E-state index is 0.444. The highest BCUT2D eigenvalue weighted by molar-refractivity contribution is 7.27. The molecule has 0 saturated heterocycles. The topological polar surface area (TPSA) is 67.3 Å². The van der Waals surface area contributed by atoms with Crippen molar-refractivity contribution in [2.24, 2.45) is 0 Å². The van der Waals surface area contributed by atoms with Crippen molar-refractivity contribution in [2.45, 2.75) is 27.7 Å². The second-order valence-corrected chi connectivity index (χ2v) is 23.7. The molecule has 0 saturated carbocycles. The van der Waals surface area contributed by atoms with Crippen LogP contribution in [0.5, 0.6) is 0 Å². The van der Waals surface area contributed by atoms with Crippen LogP contribution in [0.2, 0.25) is 0 Å². The van der Waals surface area contributed by atoms with Gasteiger partial charge in [0.05, 0.1) is 76.3 Å². The van der Waals surface area contributed by atoms with Gasteiger partial charge in [0.25, 0.3) is 0 Å². The summed E-state index contributed by atoms with van der Waals surface area (Å²) in [5.74, 6) is 0. The molecule has 0 bridgehead atoms. The number of aromatic nitrogens is 4. The van der Waals surface area contributed by atoms with E-state index in [1.54, 1.807) is 22.7 Å². The molecule has 80 heavy (non-hydrogen) atoms. The molecule has 8 heteroatoms. The lowest BCUT2D eigenvalue weighted by Gasteiger charge is -2.27. The lowest BCUT2D eigenvalue weighted by Crippen LogP contribution is -2.17. The number of benzene rings is 11. The summed E-state index contributed by atoms with van der Waals surface area (Å²) in [4.78, 5) is 0. The summed E-state index contributed by atoms with van der Waals surface area (Å²) in [5.41, 5.74) is 15.8. The molecule has 0 aliphatic rings. The maximum Gasteiger partial charge on any atom is 0.104 e. The van der Waals surface area contributed by atoms with Gasteiger partial charge >= 0.3 is 0 Å². The number of hydrogen-bond acceptors (Lipinski definition) is 4. The van der Waals surface area contributed by atoms with Gasteiger partial charge < -0.3 is 18.3 Å². The summed E-state index contributed by atoms with van der Waals surface area (Å²) >= 11 is 3.57. The van der Waals surface area contributed by atoms with Crippen LogP contribution in [0.25, 0.3) is 150 Å². The van der Waals surface area contributed by atoms with Crippen molar-refractivity contribution in [3.63, 3.8) is 0 Å². The van der Waals surface area contributed by atoms with E-state index in [1.807, 2.05) is 0 Å². The smallest absolute Gasteiger partial charge is 0.104 e. The van der Waals surface area contributed by atoms with Crippen molar-refractivity contribution < 1.29 is 0 Å². The summed E-state index contributed by atoms with van der Waals surface area (Å²) < 4.78 is 14.0. The van der Waals surface area contributed by atoms with E-state index < -0.39 is 0 Å². The van der Waals surface area contributed by atoms with E-state index in [0.29, 0.717) is 33.9 Å². The third kappa shape index (κ3) is 5.78. The SMILES string of the molecule is Cc1cc2c3ccc4c5ccccc5sc4c3n(-c3c(C#N)c(-n4c5ccccc5c5ccccc54)c(-n4c5cc(C)c(C)cc5c5ccc6c7ccccc7sc6c54)c(C#N)c3-n3c4ccccc4c4ccccc43)c2cc1C. The zero-order valence-electron chi connectivity index (χ0n) is 44.0. The molecule has 0 spiro atoms. The summed E-state index contributed by atoms with van der Waals surface area (Å²) in [7, 11) is 0. The highest BCUT2D eigenvalue weighted by Gasteiger charge is 2.36. The minimum atomic E-state index is 0.444. The number of para-hydroxylation sites is 4. The van der Waals surface area contributed by atoms with Gasteiger partial charge in [0, 0.05) is 74.0 Å². The Morgan fingerprint density at radius 1 is 0.287 bits per heavy atom. The molecule has 17 rings (SSSR count). The monoisotopic (exact) mass is 1060 g/mol. The first kappa shape index (κ1) is 45.1. The van der Waals surface area contributed by atoms with Gasteiger partial charge in [0.15, 0.2) is 0 Å². The van der Waals surface area contributed by atoms with Crippen LogP contribution < -0.4 is 0 Å². The molecule has 374 valence electrons. The Hall–Kier alpha value is -9.96. The molecule has 0 atom stereocenters. The number of nitriles is 2. The standard InChI is InChI=1S/C72H44N6S2/c1-39-33-53-49-29-31-51-47-21-9-15-27-63(47)79-71(51)69(49)77(61(53)35-41(39)3)67-55(37-73)66(76-59-25-13-7-19-45(59)46-20-8-14-26-60(46)76)68(56(38-74)65(67)75-57-23-11-5-17-43(57)44-18-6-12-24-58(44)75)78-62-36-42(4)40(2)34-54(62)50-30-32-52-48-22-10-16-28-64(48)80-72(52)70(50)78/h5-36H,1-4H3. The first-order valence-electron chi connectivity index (χ1n) is 27.0. The summed E-state index contributed by atoms with van der Waals surface area (Å²) in [6.07, 6.45) is 0. The first-order chi connectivity index (χ1) is 39.3. The zero-order chi connectivity index (χ0) is 53.4. The predicted molar refractivity (Wildman–Crippen MR) is 338 cm³/mol. The summed E-state index contributed by atoms with van der Waals surface area (Å²) in [6, 6.07) is 76.0. The first-order valence-corrected chi connectivity index (χ1v) is 28.7. The lowest BCUT2D eigenvalue weighted by molar-refractivity contribution is 1.03. The predicted octanol–water partition coefficient (Wildman–Crippen LogP) is 19.8. The Morgan fingerprint density at radius 2 is 0.588 bits per heavy atom. The fourth-order valence-corrected chi connectivity index (χ4v) is 16.1. The van der Waals surface area contributed by atoms with Crippen LogP contribution in [0, 0.1) is 50.4 Å².